The van der Waals surface area contributed by atoms with Gasteiger partial charge in [-0.05, 0) is 61.9 Å². The zero-order chi connectivity index (χ0) is 24.7. The molecule has 3 rings (SSSR count). The Morgan fingerprint density at radius 2 is 1.71 bits per heavy atom. The van der Waals surface area contributed by atoms with Crippen molar-refractivity contribution in [1.29, 1.82) is 0 Å². The van der Waals surface area contributed by atoms with Crippen molar-refractivity contribution in [2.24, 2.45) is 11.8 Å². The van der Waals surface area contributed by atoms with E-state index in [0.29, 0.717) is 55.3 Å². The third-order valence-electron chi connectivity index (χ3n) is 6.15. The molecule has 34 heavy (non-hydrogen) atoms. The molecule has 0 saturated carbocycles. The Morgan fingerprint density at radius 3 is 2.35 bits per heavy atom. The lowest BCUT2D eigenvalue weighted by molar-refractivity contribution is -0.124. The predicted molar refractivity (Wildman–Crippen MR) is 132 cm³/mol. The first-order valence-corrected chi connectivity index (χ1v) is 11.9. The van der Waals surface area contributed by atoms with Gasteiger partial charge in [0.05, 0.1) is 7.11 Å². The van der Waals surface area contributed by atoms with Gasteiger partial charge in [0.15, 0.2) is 0 Å². The summed E-state index contributed by atoms with van der Waals surface area (Å²) in [5.74, 6) is 0.311. The lowest BCUT2D eigenvalue weighted by Crippen LogP contribution is -2.54. The molecule has 1 aliphatic heterocycles. The molecule has 1 heterocycles. The number of carbonyl (C=O) groups excluding carboxylic acids is 3. The summed E-state index contributed by atoms with van der Waals surface area (Å²) in [6.07, 6.45) is 1.27. The van der Waals surface area contributed by atoms with Crippen molar-refractivity contribution in [2.75, 3.05) is 26.7 Å². The monoisotopic (exact) mass is 465 g/mol. The predicted octanol–water partition coefficient (Wildman–Crippen LogP) is 3.43. The molecule has 0 aliphatic carbocycles. The highest BCUT2D eigenvalue weighted by atomic mass is 16.5. The molecule has 2 N–H and O–H groups in total. The van der Waals surface area contributed by atoms with Gasteiger partial charge in [-0.2, -0.15) is 0 Å². The number of ether oxygens (including phenoxy) is 1. The second kappa shape index (κ2) is 11.7. The fourth-order valence-corrected chi connectivity index (χ4v) is 4.20. The van der Waals surface area contributed by atoms with Crippen LogP contribution < -0.4 is 15.4 Å². The summed E-state index contributed by atoms with van der Waals surface area (Å²) in [7, 11) is 1.55. The molecule has 1 atom stereocenters. The topological polar surface area (TPSA) is 87.7 Å². The maximum Gasteiger partial charge on any atom is 0.253 e. The molecule has 0 unspecified atom stereocenters. The molecule has 1 saturated heterocycles. The van der Waals surface area contributed by atoms with Crippen LogP contribution in [-0.2, 0) is 4.79 Å². The largest absolute Gasteiger partial charge is 0.497 e. The first kappa shape index (κ1) is 25.3. The van der Waals surface area contributed by atoms with Gasteiger partial charge in [0.2, 0.25) is 5.91 Å². The maximum atomic E-state index is 13.1. The molecular formula is C27H35N3O4. The number of nitrogens with zero attached hydrogens (tertiary/aromatic N) is 1. The normalized spacial score (nSPS) is 15.0. The minimum absolute atomic E-state index is 0.00313. The highest BCUT2D eigenvalue weighted by Crippen LogP contribution is 2.23. The van der Waals surface area contributed by atoms with Gasteiger partial charge in [0.1, 0.15) is 11.8 Å². The molecule has 7 heteroatoms. The average molecular weight is 466 g/mol. The van der Waals surface area contributed by atoms with E-state index in [4.69, 9.17) is 4.74 Å². The molecular weight excluding hydrogens is 430 g/mol. The summed E-state index contributed by atoms with van der Waals surface area (Å²) in [5, 5.41) is 5.92. The fraction of sp³-hybridized carbons (Fsp3) is 0.444. The van der Waals surface area contributed by atoms with E-state index < -0.39 is 6.04 Å². The van der Waals surface area contributed by atoms with Crippen molar-refractivity contribution in [1.82, 2.24) is 15.5 Å². The molecule has 1 fully saturated rings. The Balaban J connectivity index is 1.70. The molecule has 2 aromatic rings. The van der Waals surface area contributed by atoms with Crippen LogP contribution in [0.5, 0.6) is 5.75 Å². The van der Waals surface area contributed by atoms with Crippen LogP contribution in [0, 0.1) is 18.8 Å². The smallest absolute Gasteiger partial charge is 0.253 e. The number of hydrogen-bond donors (Lipinski definition) is 2. The van der Waals surface area contributed by atoms with Gasteiger partial charge < -0.3 is 20.3 Å². The Labute approximate surface area is 201 Å². The summed E-state index contributed by atoms with van der Waals surface area (Å²) in [6, 6.07) is 13.8. The first-order valence-electron chi connectivity index (χ1n) is 11.9. The summed E-state index contributed by atoms with van der Waals surface area (Å²) in [6.45, 7) is 7.64. The van der Waals surface area contributed by atoms with Crippen LogP contribution >= 0.6 is 0 Å². The third-order valence-corrected chi connectivity index (χ3v) is 6.15. The lowest BCUT2D eigenvalue weighted by Gasteiger charge is -2.36. The molecule has 0 bridgehead atoms. The Hall–Kier alpha value is -3.35. The summed E-state index contributed by atoms with van der Waals surface area (Å²) in [5.41, 5.74) is 2.16. The minimum Gasteiger partial charge on any atom is -0.497 e. The van der Waals surface area contributed by atoms with Crippen molar-refractivity contribution in [2.45, 2.75) is 39.7 Å². The highest BCUT2D eigenvalue weighted by Gasteiger charge is 2.34. The third kappa shape index (κ3) is 6.59. The number of methoxy groups -OCH3 is 1. The molecule has 0 spiro atoms. The number of hydrogen-bond acceptors (Lipinski definition) is 4. The zero-order valence-electron chi connectivity index (χ0n) is 20.5. The van der Waals surface area contributed by atoms with Crippen LogP contribution in [0.25, 0.3) is 0 Å². The van der Waals surface area contributed by atoms with Gasteiger partial charge in [-0.25, -0.2) is 0 Å². The SMILES string of the molecule is COc1cccc(C(=O)N[C@@H](C(=O)NCC(C)C)C2CCN(C(=O)c3cccc(C)c3)CC2)c1. The van der Waals surface area contributed by atoms with E-state index in [1.807, 2.05) is 49.9 Å². The van der Waals surface area contributed by atoms with Crippen molar-refractivity contribution < 1.29 is 19.1 Å². The Morgan fingerprint density at radius 1 is 1.03 bits per heavy atom. The highest BCUT2D eigenvalue weighted by molar-refractivity contribution is 5.98. The Bertz CT molecular complexity index is 1010. The number of carbonyl (C=O) groups is 3. The molecule has 0 aromatic heterocycles. The second-order valence-electron chi connectivity index (χ2n) is 9.32. The number of piperidine rings is 1. The number of amides is 3. The maximum absolute atomic E-state index is 13.1. The molecule has 3 amide bonds. The molecule has 2 aromatic carbocycles. The van der Waals surface area contributed by atoms with Gasteiger partial charge in [0, 0.05) is 30.8 Å². The van der Waals surface area contributed by atoms with Gasteiger partial charge in [-0.15, -0.1) is 0 Å². The van der Waals surface area contributed by atoms with Crippen LogP contribution in [0.15, 0.2) is 48.5 Å². The van der Waals surface area contributed by atoms with Gasteiger partial charge >= 0.3 is 0 Å². The van der Waals surface area contributed by atoms with Crippen LogP contribution in [-0.4, -0.2) is 55.4 Å². The zero-order valence-corrected chi connectivity index (χ0v) is 20.5. The molecule has 182 valence electrons. The van der Waals surface area contributed by atoms with Crippen molar-refractivity contribution in [3.05, 3.63) is 65.2 Å². The van der Waals surface area contributed by atoms with Gasteiger partial charge in [0.25, 0.3) is 11.8 Å². The molecule has 7 nitrogen and oxygen atoms in total. The van der Waals surface area contributed by atoms with Crippen LogP contribution in [0.3, 0.4) is 0 Å². The number of nitrogens with one attached hydrogen (secondary N) is 2. The quantitative estimate of drug-likeness (QED) is 0.625. The number of benzene rings is 2. The van der Waals surface area contributed by atoms with Gasteiger partial charge in [-0.1, -0.05) is 37.6 Å². The van der Waals surface area contributed by atoms with E-state index >= 15 is 0 Å². The second-order valence-corrected chi connectivity index (χ2v) is 9.32. The van der Waals surface area contributed by atoms with Crippen molar-refractivity contribution in [3.63, 3.8) is 0 Å². The van der Waals surface area contributed by atoms with E-state index in [1.165, 1.54) is 0 Å². The number of aryl methyl sites for hydroxylation is 1. The standard InChI is InChI=1S/C27H35N3O4/c1-18(2)17-28-26(32)24(29-25(31)21-8-6-10-23(16-21)34-4)20-11-13-30(14-12-20)27(33)22-9-5-7-19(3)15-22/h5-10,15-16,18,20,24H,11-14,17H2,1-4H3,(H,28,32)(H,29,31)/t24-/m1/s1. The Kier molecular flexibility index (Phi) is 8.68. The van der Waals surface area contributed by atoms with Crippen molar-refractivity contribution >= 4 is 17.7 Å². The minimum atomic E-state index is -0.673. The first-order chi connectivity index (χ1) is 16.3. The molecule has 0 radical (unpaired) electrons. The fourth-order valence-electron chi connectivity index (χ4n) is 4.20. The van der Waals surface area contributed by atoms with Crippen LogP contribution in [0.2, 0.25) is 0 Å². The summed E-state index contributed by atoms with van der Waals surface area (Å²) >= 11 is 0. The number of rotatable bonds is 8. The van der Waals surface area contributed by atoms with E-state index in [1.54, 1.807) is 31.4 Å². The summed E-state index contributed by atoms with van der Waals surface area (Å²) < 4.78 is 5.22. The van der Waals surface area contributed by atoms with Crippen LogP contribution in [0.1, 0.15) is 53.0 Å². The number of likely N-dealkylation sites (tertiary alicyclic amines) is 1. The van der Waals surface area contributed by atoms with Crippen LogP contribution in [0.4, 0.5) is 0 Å². The lowest BCUT2D eigenvalue weighted by atomic mass is 9.88. The average Bonchev–Trinajstić information content (AvgIpc) is 2.85. The summed E-state index contributed by atoms with van der Waals surface area (Å²) in [4.78, 5) is 40.8. The van der Waals surface area contributed by atoms with Gasteiger partial charge in [-0.3, -0.25) is 14.4 Å². The van der Waals surface area contributed by atoms with E-state index in [-0.39, 0.29) is 23.6 Å². The molecule has 1 aliphatic rings. The van der Waals surface area contributed by atoms with E-state index in [0.717, 1.165) is 5.56 Å². The van der Waals surface area contributed by atoms with E-state index in [9.17, 15) is 14.4 Å². The van der Waals surface area contributed by atoms with E-state index in [2.05, 4.69) is 10.6 Å². The van der Waals surface area contributed by atoms with Crippen molar-refractivity contribution in [3.8, 4) is 5.75 Å².